The van der Waals surface area contributed by atoms with E-state index in [1.807, 2.05) is 67.1 Å². The summed E-state index contributed by atoms with van der Waals surface area (Å²) in [6, 6.07) is 17.7. The monoisotopic (exact) mass is 392 g/mol. The highest BCUT2D eigenvalue weighted by Gasteiger charge is 2.21. The number of imidazole rings is 1. The highest BCUT2D eigenvalue weighted by Crippen LogP contribution is 2.34. The number of aliphatic hydroxyl groups excluding tert-OH is 1. The summed E-state index contributed by atoms with van der Waals surface area (Å²) in [6.45, 7) is 1.87. The summed E-state index contributed by atoms with van der Waals surface area (Å²) in [5, 5.41) is 21.4. The Hall–Kier alpha value is -2.82. The van der Waals surface area contributed by atoms with Crippen molar-refractivity contribution in [3.8, 4) is 6.07 Å². The maximum Gasteiger partial charge on any atom is 0.169 e. The average Bonchev–Trinajstić information content (AvgIpc) is 3.24. The molecule has 0 fully saturated rings. The van der Waals surface area contributed by atoms with E-state index in [0.717, 1.165) is 26.4 Å². The molecule has 134 valence electrons. The Labute approximate surface area is 164 Å². The molecule has 5 nitrogen and oxygen atoms in total. The van der Waals surface area contributed by atoms with E-state index in [1.165, 1.54) is 23.1 Å². The number of aryl methyl sites for hydroxylation is 1. The van der Waals surface area contributed by atoms with Gasteiger partial charge in [0.25, 0.3) is 0 Å². The molecular formula is C20H16N4OS2. The Balaban J connectivity index is 1.69. The van der Waals surface area contributed by atoms with E-state index in [9.17, 15) is 10.4 Å². The lowest BCUT2D eigenvalue weighted by Crippen LogP contribution is -2.05. The second-order valence-corrected chi connectivity index (χ2v) is 8.40. The topological polar surface area (TPSA) is 74.7 Å². The predicted octanol–water partition coefficient (Wildman–Crippen LogP) is 5.16. The predicted molar refractivity (Wildman–Crippen MR) is 111 cm³/mol. The van der Waals surface area contributed by atoms with Gasteiger partial charge in [0.1, 0.15) is 22.4 Å². The molecule has 1 atom stereocenters. The van der Waals surface area contributed by atoms with Crippen LogP contribution in [-0.4, -0.2) is 24.9 Å². The summed E-state index contributed by atoms with van der Waals surface area (Å²) < 4.78 is 2.98. The molecule has 0 aliphatic heterocycles. The fourth-order valence-corrected chi connectivity index (χ4v) is 4.76. The minimum absolute atomic E-state index is 0.0219. The molecule has 4 rings (SSSR count). The number of hydrogen-bond donors (Lipinski definition) is 1. The van der Waals surface area contributed by atoms with Gasteiger partial charge in [0.15, 0.2) is 5.16 Å². The lowest BCUT2D eigenvalue weighted by molar-refractivity contribution is 0.402. The number of benzene rings is 2. The minimum Gasteiger partial charge on any atom is -0.510 e. The molecule has 0 saturated heterocycles. The van der Waals surface area contributed by atoms with Gasteiger partial charge in [-0.05, 0) is 31.2 Å². The van der Waals surface area contributed by atoms with Gasteiger partial charge < -0.3 is 9.67 Å². The number of thiazole rings is 1. The highest BCUT2D eigenvalue weighted by molar-refractivity contribution is 8.00. The molecule has 1 N–H and O–H groups in total. The zero-order valence-corrected chi connectivity index (χ0v) is 16.4. The van der Waals surface area contributed by atoms with Crippen molar-refractivity contribution in [2.24, 2.45) is 7.05 Å². The van der Waals surface area contributed by atoms with E-state index in [0.29, 0.717) is 5.01 Å². The Kier molecular flexibility index (Phi) is 4.60. The Morgan fingerprint density at radius 3 is 2.56 bits per heavy atom. The highest BCUT2D eigenvalue weighted by atomic mass is 32.2. The first-order chi connectivity index (χ1) is 13.1. The summed E-state index contributed by atoms with van der Waals surface area (Å²) in [5.41, 5.74) is 2.98. The van der Waals surface area contributed by atoms with Crippen LogP contribution in [0.25, 0.3) is 26.8 Å². The van der Waals surface area contributed by atoms with Gasteiger partial charge in [-0.15, -0.1) is 11.3 Å². The maximum absolute atomic E-state index is 10.7. The third-order valence-electron chi connectivity index (χ3n) is 4.29. The van der Waals surface area contributed by atoms with E-state index in [2.05, 4.69) is 16.0 Å². The Bertz CT molecular complexity index is 1180. The normalized spacial score (nSPS) is 13.5. The van der Waals surface area contributed by atoms with Gasteiger partial charge in [-0.3, -0.25) is 0 Å². The van der Waals surface area contributed by atoms with Crippen LogP contribution in [0.4, 0.5) is 0 Å². The lowest BCUT2D eigenvalue weighted by atomic mass is 10.2. The van der Waals surface area contributed by atoms with E-state index in [1.54, 1.807) is 0 Å². The molecule has 0 aliphatic carbocycles. The standard InChI is InChI=1S/C20H16N4OS2/c1-12(26-20-23-14-7-3-5-9-16(14)24(20)2)18(25)13(11-21)19-22-15-8-4-6-10-17(15)27-19/h3-10,12,25H,1-2H3/b18-13+. The van der Waals surface area contributed by atoms with E-state index >= 15 is 0 Å². The quantitative estimate of drug-likeness (QED) is 0.295. The van der Waals surface area contributed by atoms with Crippen LogP contribution >= 0.6 is 23.1 Å². The molecular weight excluding hydrogens is 376 g/mol. The zero-order valence-electron chi connectivity index (χ0n) is 14.7. The SMILES string of the molecule is CC(Sc1nc2ccccc2n1C)/C(O)=C(/C#N)c1nc2ccccc2s1. The molecule has 4 aromatic rings. The summed E-state index contributed by atoms with van der Waals surface area (Å²) in [7, 11) is 1.95. The van der Waals surface area contributed by atoms with Crippen LogP contribution in [-0.2, 0) is 7.05 Å². The van der Waals surface area contributed by atoms with Crippen molar-refractivity contribution in [3.05, 3.63) is 59.3 Å². The largest absolute Gasteiger partial charge is 0.510 e. The van der Waals surface area contributed by atoms with Crippen molar-refractivity contribution in [3.63, 3.8) is 0 Å². The van der Waals surface area contributed by atoms with Crippen LogP contribution in [0.5, 0.6) is 0 Å². The van der Waals surface area contributed by atoms with Gasteiger partial charge in [0, 0.05) is 7.05 Å². The molecule has 7 heteroatoms. The second kappa shape index (κ2) is 7.06. The summed E-state index contributed by atoms with van der Waals surface area (Å²) >= 11 is 2.83. The number of aromatic nitrogens is 3. The summed E-state index contributed by atoms with van der Waals surface area (Å²) in [6.07, 6.45) is 0. The van der Waals surface area contributed by atoms with Crippen LogP contribution in [0, 0.1) is 11.3 Å². The lowest BCUT2D eigenvalue weighted by Gasteiger charge is -2.11. The van der Waals surface area contributed by atoms with Gasteiger partial charge in [-0.2, -0.15) is 5.26 Å². The smallest absolute Gasteiger partial charge is 0.169 e. The van der Waals surface area contributed by atoms with Crippen molar-refractivity contribution in [2.75, 3.05) is 0 Å². The fourth-order valence-electron chi connectivity index (χ4n) is 2.84. The van der Waals surface area contributed by atoms with Crippen LogP contribution in [0.15, 0.2) is 59.4 Å². The molecule has 27 heavy (non-hydrogen) atoms. The van der Waals surface area contributed by atoms with Gasteiger partial charge in [-0.1, -0.05) is 36.0 Å². The van der Waals surface area contributed by atoms with Crippen LogP contribution in [0.2, 0.25) is 0 Å². The van der Waals surface area contributed by atoms with E-state index in [-0.39, 0.29) is 16.6 Å². The molecule has 1 unspecified atom stereocenters. The van der Waals surface area contributed by atoms with Crippen molar-refractivity contribution >= 4 is 49.9 Å². The van der Waals surface area contributed by atoms with Crippen LogP contribution in [0.1, 0.15) is 11.9 Å². The number of rotatable bonds is 4. The van der Waals surface area contributed by atoms with E-state index < -0.39 is 0 Å². The summed E-state index contributed by atoms with van der Waals surface area (Å²) in [4.78, 5) is 9.12. The first-order valence-corrected chi connectivity index (χ1v) is 10.1. The van der Waals surface area contributed by atoms with Crippen molar-refractivity contribution in [2.45, 2.75) is 17.3 Å². The number of aliphatic hydroxyl groups is 1. The molecule has 0 bridgehead atoms. The first kappa shape index (κ1) is 17.6. The molecule has 2 heterocycles. The number of hydrogen-bond acceptors (Lipinski definition) is 6. The van der Waals surface area contributed by atoms with Gasteiger partial charge >= 0.3 is 0 Å². The number of thioether (sulfide) groups is 1. The van der Waals surface area contributed by atoms with Crippen molar-refractivity contribution in [1.29, 1.82) is 5.26 Å². The number of nitriles is 1. The molecule has 0 spiro atoms. The van der Waals surface area contributed by atoms with Crippen LogP contribution in [0.3, 0.4) is 0 Å². The van der Waals surface area contributed by atoms with Gasteiger partial charge in [-0.25, -0.2) is 9.97 Å². The van der Waals surface area contributed by atoms with E-state index in [4.69, 9.17) is 0 Å². The number of fused-ring (bicyclic) bond motifs is 2. The van der Waals surface area contributed by atoms with Crippen molar-refractivity contribution in [1.82, 2.24) is 14.5 Å². The fraction of sp³-hybridized carbons (Fsp3) is 0.150. The Morgan fingerprint density at radius 1 is 1.15 bits per heavy atom. The first-order valence-electron chi connectivity index (χ1n) is 8.35. The molecule has 2 aromatic carbocycles. The van der Waals surface area contributed by atoms with Crippen LogP contribution < -0.4 is 0 Å². The molecule has 2 aromatic heterocycles. The maximum atomic E-state index is 10.7. The molecule has 0 radical (unpaired) electrons. The number of nitrogens with zero attached hydrogens (tertiary/aromatic N) is 4. The molecule has 0 aliphatic rings. The number of para-hydroxylation sites is 3. The number of allylic oxidation sites excluding steroid dienone is 1. The third-order valence-corrected chi connectivity index (χ3v) is 6.50. The summed E-state index contributed by atoms with van der Waals surface area (Å²) in [5.74, 6) is 0.0219. The Morgan fingerprint density at radius 2 is 1.85 bits per heavy atom. The van der Waals surface area contributed by atoms with Gasteiger partial charge in [0.05, 0.1) is 26.5 Å². The average molecular weight is 393 g/mol. The molecule has 0 amide bonds. The third kappa shape index (κ3) is 3.18. The van der Waals surface area contributed by atoms with Gasteiger partial charge in [0.2, 0.25) is 0 Å². The minimum atomic E-state index is -0.331. The second-order valence-electron chi connectivity index (χ2n) is 6.06. The molecule has 0 saturated carbocycles. The van der Waals surface area contributed by atoms with Crippen molar-refractivity contribution < 1.29 is 5.11 Å². The zero-order chi connectivity index (χ0) is 19.0.